The van der Waals surface area contributed by atoms with Gasteiger partial charge in [0.2, 0.25) is 0 Å². The highest BCUT2D eigenvalue weighted by Crippen LogP contribution is 2.17. The zero-order valence-corrected chi connectivity index (χ0v) is 6.82. The fourth-order valence-electron chi connectivity index (χ4n) is 0.949. The van der Waals surface area contributed by atoms with Gasteiger partial charge in [-0.05, 0) is 36.3 Å². The molecule has 1 aromatic carbocycles. The average Bonchev–Trinajstić information content (AvgIpc) is 2.05. The topological polar surface area (TPSA) is 37.3 Å². The molecule has 0 aliphatic heterocycles. The number of carbonyl (C=O) groups excluding carboxylic acids is 1. The van der Waals surface area contributed by atoms with Gasteiger partial charge in [0.05, 0.1) is 0 Å². The third-order valence-electron chi connectivity index (χ3n) is 1.62. The van der Waals surface area contributed by atoms with Crippen LogP contribution in [0.5, 0.6) is 5.75 Å². The summed E-state index contributed by atoms with van der Waals surface area (Å²) in [5.41, 5.74) is 1.71. The molecule has 0 aromatic heterocycles. The molecule has 0 aliphatic carbocycles. The van der Waals surface area contributed by atoms with Crippen LogP contribution < -0.4 is 0 Å². The lowest BCUT2D eigenvalue weighted by molar-refractivity contribution is -0.104. The van der Waals surface area contributed by atoms with Crippen LogP contribution in [0.1, 0.15) is 12.5 Å². The van der Waals surface area contributed by atoms with Crippen molar-refractivity contribution in [2.24, 2.45) is 0 Å². The molecule has 1 N–H and O–H groups in total. The maximum absolute atomic E-state index is 10.1. The predicted molar refractivity (Wildman–Crippen MR) is 47.8 cm³/mol. The summed E-state index contributed by atoms with van der Waals surface area (Å²) in [4.78, 5) is 10.1. The summed E-state index contributed by atoms with van der Waals surface area (Å²) in [5.74, 6) is 0.214. The van der Waals surface area contributed by atoms with E-state index in [9.17, 15) is 4.79 Å². The Kier molecular flexibility index (Phi) is 2.64. The highest BCUT2D eigenvalue weighted by Gasteiger charge is 1.95. The number of carbonyl (C=O) groups is 1. The van der Waals surface area contributed by atoms with Crippen LogP contribution in [0.2, 0.25) is 0 Å². The molecule has 0 atom stereocenters. The van der Waals surface area contributed by atoms with Crippen molar-refractivity contribution in [2.75, 3.05) is 0 Å². The van der Waals surface area contributed by atoms with Crippen LogP contribution in [0, 0.1) is 0 Å². The van der Waals surface area contributed by atoms with Crippen LogP contribution in [0.3, 0.4) is 0 Å². The first-order valence-electron chi connectivity index (χ1n) is 3.65. The van der Waals surface area contributed by atoms with Gasteiger partial charge in [0, 0.05) is 0 Å². The second kappa shape index (κ2) is 3.72. The summed E-state index contributed by atoms with van der Waals surface area (Å²) in [6, 6.07) is 6.80. The van der Waals surface area contributed by atoms with Crippen LogP contribution >= 0.6 is 0 Å². The van der Waals surface area contributed by atoms with Gasteiger partial charge in [0.15, 0.2) is 0 Å². The van der Waals surface area contributed by atoms with Gasteiger partial charge in [-0.1, -0.05) is 12.1 Å². The van der Waals surface area contributed by atoms with Crippen molar-refractivity contribution >= 4 is 11.9 Å². The fraction of sp³-hybridized carbons (Fsp3) is 0.100. The van der Waals surface area contributed by atoms with Gasteiger partial charge < -0.3 is 5.11 Å². The Hall–Kier alpha value is -1.57. The molecular formula is C10H10O2. The largest absolute Gasteiger partial charge is 0.508 e. The molecule has 0 fully saturated rings. The van der Waals surface area contributed by atoms with Crippen LogP contribution in [-0.2, 0) is 4.79 Å². The lowest BCUT2D eigenvalue weighted by atomic mass is 10.1. The standard InChI is InChI=1S/C10H10O2/c1-8(5-6-11)9-3-2-4-10(12)7-9/h2-7,12H,1H3/b8-5+. The van der Waals surface area contributed by atoms with Crippen molar-refractivity contribution in [3.05, 3.63) is 35.9 Å². The molecular weight excluding hydrogens is 152 g/mol. The van der Waals surface area contributed by atoms with Gasteiger partial charge in [-0.15, -0.1) is 0 Å². The molecule has 0 aliphatic rings. The van der Waals surface area contributed by atoms with E-state index in [4.69, 9.17) is 5.11 Å². The number of phenols is 1. The molecule has 0 saturated heterocycles. The molecule has 0 bridgehead atoms. The number of hydrogen-bond donors (Lipinski definition) is 1. The van der Waals surface area contributed by atoms with Crippen LogP contribution in [0.25, 0.3) is 5.57 Å². The first-order chi connectivity index (χ1) is 5.74. The predicted octanol–water partition coefficient (Wildman–Crippen LogP) is 1.99. The molecule has 0 saturated carbocycles. The summed E-state index contributed by atoms with van der Waals surface area (Å²) in [5, 5.41) is 9.11. The Balaban J connectivity index is 3.03. The maximum Gasteiger partial charge on any atom is 0.143 e. The van der Waals surface area contributed by atoms with E-state index >= 15 is 0 Å². The molecule has 2 nitrogen and oxygen atoms in total. The van der Waals surface area contributed by atoms with Crippen molar-refractivity contribution in [1.29, 1.82) is 0 Å². The van der Waals surface area contributed by atoms with Crippen molar-refractivity contribution in [3.63, 3.8) is 0 Å². The third kappa shape index (κ3) is 1.95. The normalized spacial score (nSPS) is 11.2. The van der Waals surface area contributed by atoms with Crippen LogP contribution in [-0.4, -0.2) is 11.4 Å². The minimum atomic E-state index is 0.214. The average molecular weight is 162 g/mol. The Bertz CT molecular complexity index is 313. The van der Waals surface area contributed by atoms with Gasteiger partial charge in [0.1, 0.15) is 12.0 Å². The first kappa shape index (κ1) is 8.53. The fourth-order valence-corrected chi connectivity index (χ4v) is 0.949. The second-order valence-corrected chi connectivity index (χ2v) is 2.54. The highest BCUT2D eigenvalue weighted by molar-refractivity contribution is 5.80. The van der Waals surface area contributed by atoms with Crippen molar-refractivity contribution in [2.45, 2.75) is 6.92 Å². The zero-order valence-electron chi connectivity index (χ0n) is 6.82. The Morgan fingerprint density at radius 1 is 1.50 bits per heavy atom. The van der Waals surface area contributed by atoms with E-state index in [2.05, 4.69) is 0 Å². The molecule has 2 heteroatoms. The lowest BCUT2D eigenvalue weighted by Crippen LogP contribution is -1.78. The van der Waals surface area contributed by atoms with E-state index in [1.54, 1.807) is 18.2 Å². The van der Waals surface area contributed by atoms with Gasteiger partial charge in [-0.25, -0.2) is 0 Å². The minimum absolute atomic E-state index is 0.214. The van der Waals surface area contributed by atoms with E-state index in [1.807, 2.05) is 13.0 Å². The Morgan fingerprint density at radius 3 is 2.83 bits per heavy atom. The SMILES string of the molecule is C/C(=C\C=O)c1cccc(O)c1. The maximum atomic E-state index is 10.1. The van der Waals surface area contributed by atoms with E-state index in [0.717, 1.165) is 17.4 Å². The molecule has 1 aromatic rings. The summed E-state index contributed by atoms with van der Waals surface area (Å²) in [6.07, 6.45) is 2.20. The number of aromatic hydroxyl groups is 1. The zero-order chi connectivity index (χ0) is 8.97. The number of aldehydes is 1. The molecule has 0 unspecified atom stereocenters. The molecule has 0 radical (unpaired) electrons. The van der Waals surface area contributed by atoms with E-state index in [-0.39, 0.29) is 5.75 Å². The summed E-state index contributed by atoms with van der Waals surface area (Å²) >= 11 is 0. The quantitative estimate of drug-likeness (QED) is 0.533. The number of phenolic OH excluding ortho intramolecular Hbond substituents is 1. The number of benzene rings is 1. The summed E-state index contributed by atoms with van der Waals surface area (Å²) in [7, 11) is 0. The van der Waals surface area contributed by atoms with Crippen LogP contribution in [0.15, 0.2) is 30.3 Å². The van der Waals surface area contributed by atoms with Crippen molar-refractivity contribution < 1.29 is 9.90 Å². The Labute approximate surface area is 71.2 Å². The van der Waals surface area contributed by atoms with E-state index in [1.165, 1.54) is 6.08 Å². The third-order valence-corrected chi connectivity index (χ3v) is 1.62. The number of allylic oxidation sites excluding steroid dienone is 2. The molecule has 0 spiro atoms. The lowest BCUT2D eigenvalue weighted by Gasteiger charge is -1.99. The van der Waals surface area contributed by atoms with E-state index in [0.29, 0.717) is 0 Å². The van der Waals surface area contributed by atoms with Gasteiger partial charge in [0.25, 0.3) is 0 Å². The minimum Gasteiger partial charge on any atom is -0.508 e. The monoisotopic (exact) mass is 162 g/mol. The smallest absolute Gasteiger partial charge is 0.143 e. The molecule has 62 valence electrons. The van der Waals surface area contributed by atoms with Crippen molar-refractivity contribution in [3.8, 4) is 5.75 Å². The van der Waals surface area contributed by atoms with Crippen LogP contribution in [0.4, 0.5) is 0 Å². The second-order valence-electron chi connectivity index (χ2n) is 2.54. The molecule has 1 rings (SSSR count). The molecule has 12 heavy (non-hydrogen) atoms. The number of hydrogen-bond acceptors (Lipinski definition) is 2. The van der Waals surface area contributed by atoms with Gasteiger partial charge in [-0.3, -0.25) is 4.79 Å². The number of rotatable bonds is 2. The van der Waals surface area contributed by atoms with Gasteiger partial charge in [-0.2, -0.15) is 0 Å². The Morgan fingerprint density at radius 2 is 2.25 bits per heavy atom. The summed E-state index contributed by atoms with van der Waals surface area (Å²) in [6.45, 7) is 1.82. The van der Waals surface area contributed by atoms with Crippen molar-refractivity contribution in [1.82, 2.24) is 0 Å². The molecule has 0 amide bonds. The highest BCUT2D eigenvalue weighted by atomic mass is 16.3. The first-order valence-corrected chi connectivity index (χ1v) is 3.65. The molecule has 0 heterocycles. The van der Waals surface area contributed by atoms with Gasteiger partial charge >= 0.3 is 0 Å². The summed E-state index contributed by atoms with van der Waals surface area (Å²) < 4.78 is 0. The van der Waals surface area contributed by atoms with E-state index < -0.39 is 0 Å².